The van der Waals surface area contributed by atoms with Crippen LogP contribution in [-0.4, -0.2) is 34.8 Å². The number of hydrogen-bond acceptors (Lipinski definition) is 3. The Balaban J connectivity index is 2.93. The van der Waals surface area contributed by atoms with Crippen molar-refractivity contribution in [1.29, 1.82) is 0 Å². The van der Waals surface area contributed by atoms with Gasteiger partial charge in [0.1, 0.15) is 12.3 Å². The first-order valence-electron chi connectivity index (χ1n) is 5.49. The number of aromatic hydroxyl groups is 1. The minimum absolute atomic E-state index is 0.0540. The van der Waals surface area contributed by atoms with Gasteiger partial charge < -0.3 is 15.5 Å². The fourth-order valence-electron chi connectivity index (χ4n) is 1.37. The van der Waals surface area contributed by atoms with Crippen LogP contribution in [0, 0.1) is 0 Å². The molecule has 18 heavy (non-hydrogen) atoms. The van der Waals surface area contributed by atoms with Gasteiger partial charge in [-0.15, -0.1) is 0 Å². The number of phenolic OH excluding ortho intramolecular Hbond substituents is 1. The second kappa shape index (κ2) is 5.90. The van der Waals surface area contributed by atoms with Crippen molar-refractivity contribution in [3.63, 3.8) is 0 Å². The number of benzene rings is 1. The molecule has 0 fully saturated rings. The third-order valence-electron chi connectivity index (χ3n) is 2.11. The van der Waals surface area contributed by atoms with Crippen LogP contribution in [0.25, 0.3) is 0 Å². The molecule has 1 aromatic rings. The maximum absolute atomic E-state index is 11.9. The Hall–Kier alpha value is -2.24. The van der Waals surface area contributed by atoms with Crippen LogP contribution in [0.1, 0.15) is 13.8 Å². The van der Waals surface area contributed by atoms with Gasteiger partial charge in [-0.2, -0.15) is 0 Å². The second-order valence-electron chi connectivity index (χ2n) is 4.10. The van der Waals surface area contributed by atoms with Gasteiger partial charge in [-0.3, -0.25) is 9.69 Å². The van der Waals surface area contributed by atoms with Gasteiger partial charge in [-0.25, -0.2) is 4.79 Å². The maximum Gasteiger partial charge on any atom is 0.323 e. The number of amides is 2. The van der Waals surface area contributed by atoms with Gasteiger partial charge in [0.05, 0.1) is 0 Å². The van der Waals surface area contributed by atoms with Gasteiger partial charge in [0.15, 0.2) is 0 Å². The largest absolute Gasteiger partial charge is 0.508 e. The molecule has 2 amide bonds. The first-order chi connectivity index (χ1) is 8.40. The van der Waals surface area contributed by atoms with Crippen LogP contribution >= 0.6 is 0 Å². The highest BCUT2D eigenvalue weighted by Gasteiger charge is 2.19. The molecule has 98 valence electrons. The highest BCUT2D eigenvalue weighted by molar-refractivity contribution is 5.96. The summed E-state index contributed by atoms with van der Waals surface area (Å²) in [5.41, 5.74) is 0.411. The van der Waals surface area contributed by atoms with E-state index in [0.29, 0.717) is 5.69 Å². The Morgan fingerprint density at radius 1 is 1.28 bits per heavy atom. The van der Waals surface area contributed by atoms with Crippen LogP contribution in [0.5, 0.6) is 5.75 Å². The van der Waals surface area contributed by atoms with E-state index in [0.717, 1.165) is 4.90 Å². The first-order valence-corrected chi connectivity index (χ1v) is 5.49. The lowest BCUT2D eigenvalue weighted by Gasteiger charge is -2.22. The third-order valence-corrected chi connectivity index (χ3v) is 2.11. The predicted molar refractivity (Wildman–Crippen MR) is 66.8 cm³/mol. The summed E-state index contributed by atoms with van der Waals surface area (Å²) in [4.78, 5) is 23.7. The summed E-state index contributed by atoms with van der Waals surface area (Å²) < 4.78 is 0. The first kappa shape index (κ1) is 13.8. The molecular weight excluding hydrogens is 236 g/mol. The standard InChI is InChI=1S/C12H16N2O4/c1-8(2)13-12(18)14(7-11(16)17)9-3-5-10(15)6-4-9/h3-6,8,15H,7H2,1-2H3,(H,13,18)(H,16,17). The van der Waals surface area contributed by atoms with Crippen molar-refractivity contribution in [2.45, 2.75) is 19.9 Å². The average molecular weight is 252 g/mol. The number of carboxylic acid groups (broad SMARTS) is 1. The number of rotatable bonds is 4. The molecule has 0 aromatic heterocycles. The lowest BCUT2D eigenvalue weighted by atomic mass is 10.2. The van der Waals surface area contributed by atoms with Crippen molar-refractivity contribution in [2.75, 3.05) is 11.4 Å². The number of urea groups is 1. The minimum atomic E-state index is -1.11. The topological polar surface area (TPSA) is 89.9 Å². The van der Waals surface area contributed by atoms with E-state index in [-0.39, 0.29) is 11.8 Å². The average Bonchev–Trinajstić information content (AvgIpc) is 2.26. The molecule has 0 saturated carbocycles. The van der Waals surface area contributed by atoms with Gasteiger partial charge >= 0.3 is 12.0 Å². The number of carbonyl (C=O) groups excluding carboxylic acids is 1. The Morgan fingerprint density at radius 2 is 1.83 bits per heavy atom. The van der Waals surface area contributed by atoms with E-state index >= 15 is 0 Å². The van der Waals surface area contributed by atoms with Crippen molar-refractivity contribution in [3.8, 4) is 5.75 Å². The third kappa shape index (κ3) is 3.97. The smallest absolute Gasteiger partial charge is 0.323 e. The van der Waals surface area contributed by atoms with Crippen LogP contribution in [0.4, 0.5) is 10.5 Å². The van der Waals surface area contributed by atoms with E-state index in [1.165, 1.54) is 24.3 Å². The summed E-state index contributed by atoms with van der Waals surface area (Å²) in [7, 11) is 0. The molecule has 0 radical (unpaired) electrons. The van der Waals surface area contributed by atoms with Gasteiger partial charge in [-0.1, -0.05) is 0 Å². The molecule has 1 rings (SSSR count). The van der Waals surface area contributed by atoms with Crippen molar-refractivity contribution in [2.24, 2.45) is 0 Å². The maximum atomic E-state index is 11.9. The zero-order valence-corrected chi connectivity index (χ0v) is 10.3. The summed E-state index contributed by atoms with van der Waals surface area (Å²) in [5.74, 6) is -1.06. The zero-order valence-electron chi connectivity index (χ0n) is 10.3. The summed E-state index contributed by atoms with van der Waals surface area (Å²) in [6.45, 7) is 3.13. The van der Waals surface area contributed by atoms with E-state index in [1.54, 1.807) is 13.8 Å². The van der Waals surface area contributed by atoms with Crippen molar-refractivity contribution in [1.82, 2.24) is 5.32 Å². The lowest BCUT2D eigenvalue weighted by Crippen LogP contribution is -2.45. The summed E-state index contributed by atoms with van der Waals surface area (Å²) in [6.07, 6.45) is 0. The van der Waals surface area contributed by atoms with E-state index in [1.807, 2.05) is 0 Å². The van der Waals surface area contributed by atoms with Gasteiger partial charge in [-0.05, 0) is 38.1 Å². The number of hydrogen-bond donors (Lipinski definition) is 3. The second-order valence-corrected chi connectivity index (χ2v) is 4.10. The molecule has 0 aliphatic rings. The number of carboxylic acids is 1. The number of aliphatic carboxylic acids is 1. The summed E-state index contributed by atoms with van der Waals surface area (Å²) in [5, 5.41) is 20.6. The molecular formula is C12H16N2O4. The molecule has 0 saturated heterocycles. The molecule has 6 nitrogen and oxygen atoms in total. The summed E-state index contributed by atoms with van der Waals surface area (Å²) >= 11 is 0. The van der Waals surface area contributed by atoms with E-state index < -0.39 is 18.5 Å². The number of anilines is 1. The van der Waals surface area contributed by atoms with Crippen LogP contribution < -0.4 is 10.2 Å². The van der Waals surface area contributed by atoms with Crippen LogP contribution in [0.2, 0.25) is 0 Å². The predicted octanol–water partition coefficient (Wildman–Crippen LogP) is 1.40. The molecule has 0 bridgehead atoms. The molecule has 3 N–H and O–H groups in total. The number of carbonyl (C=O) groups is 2. The number of phenols is 1. The molecule has 1 aromatic carbocycles. The van der Waals surface area contributed by atoms with Crippen LogP contribution in [-0.2, 0) is 4.79 Å². The Bertz CT molecular complexity index is 428. The molecule has 0 spiro atoms. The fourth-order valence-corrected chi connectivity index (χ4v) is 1.37. The molecule has 6 heteroatoms. The van der Waals surface area contributed by atoms with Crippen molar-refractivity contribution >= 4 is 17.7 Å². The van der Waals surface area contributed by atoms with Gasteiger partial charge in [0.25, 0.3) is 0 Å². The quantitative estimate of drug-likeness (QED) is 0.755. The molecule has 0 aliphatic carbocycles. The normalized spacial score (nSPS) is 10.2. The van der Waals surface area contributed by atoms with Crippen LogP contribution in [0.3, 0.4) is 0 Å². The number of nitrogens with one attached hydrogen (secondary N) is 1. The Labute approximate surface area is 105 Å². The molecule has 0 unspecified atom stereocenters. The molecule has 0 aliphatic heterocycles. The Morgan fingerprint density at radius 3 is 2.28 bits per heavy atom. The number of nitrogens with zero attached hydrogens (tertiary/aromatic N) is 1. The summed E-state index contributed by atoms with van der Waals surface area (Å²) in [6, 6.07) is 5.18. The Kier molecular flexibility index (Phi) is 4.53. The van der Waals surface area contributed by atoms with Gasteiger partial charge in [0, 0.05) is 11.7 Å². The minimum Gasteiger partial charge on any atom is -0.508 e. The lowest BCUT2D eigenvalue weighted by molar-refractivity contribution is -0.135. The highest BCUT2D eigenvalue weighted by atomic mass is 16.4. The fraction of sp³-hybridized carbons (Fsp3) is 0.333. The van der Waals surface area contributed by atoms with Crippen LogP contribution in [0.15, 0.2) is 24.3 Å². The van der Waals surface area contributed by atoms with E-state index in [4.69, 9.17) is 10.2 Å². The van der Waals surface area contributed by atoms with Crippen molar-refractivity contribution in [3.05, 3.63) is 24.3 Å². The zero-order chi connectivity index (χ0) is 13.7. The molecule has 0 heterocycles. The van der Waals surface area contributed by atoms with E-state index in [9.17, 15) is 9.59 Å². The van der Waals surface area contributed by atoms with E-state index in [2.05, 4.69) is 5.32 Å². The van der Waals surface area contributed by atoms with Gasteiger partial charge in [0.2, 0.25) is 0 Å². The molecule has 0 atom stereocenters. The van der Waals surface area contributed by atoms with Crippen molar-refractivity contribution < 1.29 is 19.8 Å². The highest BCUT2D eigenvalue weighted by Crippen LogP contribution is 2.18. The SMILES string of the molecule is CC(C)NC(=O)N(CC(=O)O)c1ccc(O)cc1. The monoisotopic (exact) mass is 252 g/mol.